The third-order valence-electron chi connectivity index (χ3n) is 7.98. The van der Waals surface area contributed by atoms with Crippen molar-refractivity contribution in [1.29, 1.82) is 5.26 Å². The van der Waals surface area contributed by atoms with Crippen LogP contribution in [0, 0.1) is 17.2 Å². The number of aliphatic hydroxyl groups excluding tert-OH is 2. The van der Waals surface area contributed by atoms with E-state index < -0.39 is 68.5 Å². The third-order valence-corrected chi connectivity index (χ3v) is 9.61. The fourth-order valence-corrected chi connectivity index (χ4v) is 6.95. The lowest BCUT2D eigenvalue weighted by molar-refractivity contribution is -0.188. The quantitative estimate of drug-likeness (QED) is 0.181. The van der Waals surface area contributed by atoms with Crippen LogP contribution in [-0.2, 0) is 23.4 Å². The van der Waals surface area contributed by atoms with Crippen molar-refractivity contribution in [1.82, 2.24) is 19.7 Å². The Morgan fingerprint density at radius 3 is 2.59 bits per heavy atom. The Bertz CT molecular complexity index is 1630. The summed E-state index contributed by atoms with van der Waals surface area (Å²) in [6, 6.07) is 11.2. The summed E-state index contributed by atoms with van der Waals surface area (Å²) in [5.41, 5.74) is 4.22. The number of benzene rings is 1. The van der Waals surface area contributed by atoms with E-state index in [4.69, 9.17) is 24.3 Å². The first-order valence-corrected chi connectivity index (χ1v) is 15.9. The van der Waals surface area contributed by atoms with Gasteiger partial charge in [0.1, 0.15) is 60.7 Å². The van der Waals surface area contributed by atoms with Gasteiger partial charge in [0.15, 0.2) is 5.82 Å². The summed E-state index contributed by atoms with van der Waals surface area (Å²) in [6.07, 6.45) is -9.11. The van der Waals surface area contributed by atoms with Crippen molar-refractivity contribution in [3.05, 3.63) is 54.5 Å². The van der Waals surface area contributed by atoms with Gasteiger partial charge in [-0.3, -0.25) is 9.32 Å². The zero-order valence-electron chi connectivity index (χ0n) is 24.4. The van der Waals surface area contributed by atoms with Crippen molar-refractivity contribution in [2.45, 2.75) is 74.8 Å². The highest BCUT2D eigenvalue weighted by Crippen LogP contribution is 2.48. The van der Waals surface area contributed by atoms with Gasteiger partial charge < -0.3 is 29.9 Å². The molecule has 2 fully saturated rings. The molecule has 1 aromatic carbocycles. The Labute approximate surface area is 260 Å². The van der Waals surface area contributed by atoms with Gasteiger partial charge in [-0.05, 0) is 56.9 Å². The second-order valence-corrected chi connectivity index (χ2v) is 12.8. The van der Waals surface area contributed by atoms with Crippen molar-refractivity contribution in [3.63, 3.8) is 0 Å². The van der Waals surface area contributed by atoms with Crippen molar-refractivity contribution < 1.29 is 51.3 Å². The largest absolute Gasteiger partial charge is 0.461 e. The van der Waals surface area contributed by atoms with Crippen LogP contribution in [0.3, 0.4) is 0 Å². The first kappa shape index (κ1) is 33.6. The topological polar surface area (TPSA) is 204 Å². The van der Waals surface area contributed by atoms with Crippen molar-refractivity contribution >= 4 is 25.1 Å². The van der Waals surface area contributed by atoms with Gasteiger partial charge in [0.2, 0.25) is 5.60 Å². The van der Waals surface area contributed by atoms with E-state index in [0.29, 0.717) is 5.52 Å². The number of aromatic nitrogens is 3. The Morgan fingerprint density at radius 2 is 1.93 bits per heavy atom. The molecule has 6 atom stereocenters. The molecule has 0 amide bonds. The second kappa shape index (κ2) is 13.1. The maximum absolute atomic E-state index is 14.0. The molecule has 3 aromatic rings. The molecule has 1 aliphatic heterocycles. The molecule has 3 heterocycles. The number of nitrogens with zero attached hydrogens (tertiary/aromatic N) is 4. The molecule has 2 aliphatic rings. The highest BCUT2D eigenvalue weighted by molar-refractivity contribution is 7.52. The average Bonchev–Trinajstić information content (AvgIpc) is 3.56. The van der Waals surface area contributed by atoms with Crippen LogP contribution in [0.25, 0.3) is 5.52 Å². The number of carbonyl (C=O) groups excluding carboxylic acids is 1. The number of carbonyl (C=O) groups is 1. The van der Waals surface area contributed by atoms with E-state index in [9.17, 15) is 38.0 Å². The molecule has 14 nitrogen and oxygen atoms in total. The van der Waals surface area contributed by atoms with Crippen LogP contribution in [0.5, 0.6) is 5.75 Å². The van der Waals surface area contributed by atoms with Crippen LogP contribution >= 0.6 is 7.75 Å². The maximum atomic E-state index is 14.0. The monoisotopic (exact) mass is 668 g/mol. The Kier molecular flexibility index (Phi) is 9.60. The fraction of sp³-hybridized carbons (Fsp3) is 0.500. The molecule has 2 aromatic heterocycles. The number of alkyl halides is 3. The molecule has 46 heavy (non-hydrogen) atoms. The van der Waals surface area contributed by atoms with Crippen molar-refractivity contribution in [2.24, 2.45) is 5.92 Å². The number of fused-ring (bicyclic) bond motifs is 1. The van der Waals surface area contributed by atoms with Crippen LogP contribution in [0.15, 0.2) is 48.8 Å². The van der Waals surface area contributed by atoms with Gasteiger partial charge in [0.05, 0.1) is 11.6 Å². The number of nitrogen functional groups attached to an aromatic ring is 1. The smallest absolute Gasteiger partial charge is 0.459 e. The number of ether oxygens (including phenoxy) is 2. The number of aliphatic hydroxyl groups is 2. The minimum absolute atomic E-state index is 0.0102. The summed E-state index contributed by atoms with van der Waals surface area (Å²) in [6.45, 7) is 0.388. The Hall–Kier alpha value is -3.78. The summed E-state index contributed by atoms with van der Waals surface area (Å²) in [4.78, 5) is 16.8. The lowest BCUT2D eigenvalue weighted by atomic mass is 9.87. The number of esters is 1. The summed E-state index contributed by atoms with van der Waals surface area (Å²) in [5.74, 6) is -2.19. The minimum Gasteiger partial charge on any atom is -0.461 e. The SMILES string of the molecule is C[C@H](N[P@](=O)(OC[C@@]1(C#N)O[C@@H](c2ccc3c(N)ncnn23)[C@H](O)[C@@H]1O)Oc1ccccc1)C(=O)O[C@H]1CC[C@@H](C(F)(F)F)CC1. The van der Waals surface area contributed by atoms with Crippen LogP contribution in [0.2, 0.25) is 0 Å². The number of hydrogen-bond acceptors (Lipinski definition) is 12. The van der Waals surface area contributed by atoms with Crippen LogP contribution in [0.4, 0.5) is 19.0 Å². The van der Waals surface area contributed by atoms with E-state index in [1.54, 1.807) is 30.3 Å². The first-order chi connectivity index (χ1) is 21.7. The summed E-state index contributed by atoms with van der Waals surface area (Å²) < 4.78 is 76.9. The first-order valence-electron chi connectivity index (χ1n) is 14.3. The molecule has 1 saturated heterocycles. The van der Waals surface area contributed by atoms with Crippen LogP contribution in [-0.4, -0.2) is 73.5 Å². The molecule has 0 bridgehead atoms. The zero-order chi connectivity index (χ0) is 33.3. The average molecular weight is 669 g/mol. The fourth-order valence-electron chi connectivity index (χ4n) is 5.43. The molecule has 1 aliphatic carbocycles. The third kappa shape index (κ3) is 6.97. The number of rotatable bonds is 10. The molecule has 248 valence electrons. The van der Waals surface area contributed by atoms with Gasteiger partial charge in [-0.15, -0.1) is 0 Å². The highest BCUT2D eigenvalue weighted by Gasteiger charge is 2.57. The summed E-state index contributed by atoms with van der Waals surface area (Å²) in [7, 11) is -4.58. The minimum atomic E-state index is -4.58. The van der Waals surface area contributed by atoms with Crippen LogP contribution in [0.1, 0.15) is 44.4 Å². The van der Waals surface area contributed by atoms with E-state index in [2.05, 4.69) is 15.2 Å². The molecule has 18 heteroatoms. The lowest BCUT2D eigenvalue weighted by Gasteiger charge is -2.31. The van der Waals surface area contributed by atoms with Gasteiger partial charge in [-0.2, -0.15) is 28.6 Å². The zero-order valence-corrected chi connectivity index (χ0v) is 25.3. The molecular formula is C28H32F3N6O8P. The molecule has 0 radical (unpaired) electrons. The number of halogens is 3. The predicted molar refractivity (Wildman–Crippen MR) is 153 cm³/mol. The second-order valence-electron chi connectivity index (χ2n) is 11.2. The van der Waals surface area contributed by atoms with Gasteiger partial charge in [-0.1, -0.05) is 18.2 Å². The Balaban J connectivity index is 1.31. The van der Waals surface area contributed by atoms with Gasteiger partial charge in [0.25, 0.3) is 0 Å². The number of anilines is 1. The van der Waals surface area contributed by atoms with Gasteiger partial charge >= 0.3 is 19.9 Å². The van der Waals surface area contributed by atoms with Crippen molar-refractivity contribution in [2.75, 3.05) is 12.3 Å². The highest BCUT2D eigenvalue weighted by atomic mass is 31.2. The molecule has 5 N–H and O–H groups in total. The summed E-state index contributed by atoms with van der Waals surface area (Å²) in [5, 5.41) is 38.5. The normalized spacial score (nSPS) is 28.7. The standard InChI is InChI=1S/C28H32F3N6O8P/c1-16(26(40)43-18-9-7-17(8-10-18)28(29,30)31)36-46(41,45-19-5-3-2-4-6-19)42-14-27(13-32)24(39)22(38)23(44-27)20-11-12-21-25(33)34-15-35-37(20)21/h2-6,11-12,15-18,22-24,38-39H,7-10,14H2,1H3,(H,36,41)(H2,33,34,35)/t16-,17-,18+,22-,23-,24-,27+,46-/m0/s1. The molecule has 0 unspecified atom stereocenters. The number of nitriles is 1. The van der Waals surface area contributed by atoms with E-state index in [0.717, 1.165) is 0 Å². The molecule has 0 spiro atoms. The van der Waals surface area contributed by atoms with E-state index in [1.165, 1.54) is 36.0 Å². The van der Waals surface area contributed by atoms with Gasteiger partial charge in [0, 0.05) is 0 Å². The van der Waals surface area contributed by atoms with Gasteiger partial charge in [-0.25, -0.2) is 14.1 Å². The van der Waals surface area contributed by atoms with E-state index >= 15 is 0 Å². The molecule has 5 rings (SSSR count). The lowest BCUT2D eigenvalue weighted by Crippen LogP contribution is -2.46. The van der Waals surface area contributed by atoms with E-state index in [1.807, 2.05) is 0 Å². The number of nitrogens with two attached hydrogens (primary N) is 1. The number of hydrogen-bond donors (Lipinski definition) is 4. The number of nitrogens with one attached hydrogen (secondary N) is 1. The predicted octanol–water partition coefficient (Wildman–Crippen LogP) is 3.21. The Morgan fingerprint density at radius 1 is 1.24 bits per heavy atom. The van der Waals surface area contributed by atoms with E-state index in [-0.39, 0.29) is 42.9 Å². The maximum Gasteiger partial charge on any atom is 0.459 e. The number of para-hydroxylation sites is 1. The molecular weight excluding hydrogens is 636 g/mol. The van der Waals surface area contributed by atoms with Crippen molar-refractivity contribution in [3.8, 4) is 11.8 Å². The summed E-state index contributed by atoms with van der Waals surface area (Å²) >= 11 is 0. The van der Waals surface area contributed by atoms with Crippen LogP contribution < -0.4 is 15.3 Å². The molecule has 1 saturated carbocycles.